The number of aryl methyl sites for hydroxylation is 1. The van der Waals surface area contributed by atoms with Gasteiger partial charge in [0.1, 0.15) is 4.21 Å². The van der Waals surface area contributed by atoms with Crippen LogP contribution in [-0.2, 0) is 16.6 Å². The molecule has 0 aromatic carbocycles. The molecule has 2 aromatic heterocycles. The van der Waals surface area contributed by atoms with Crippen molar-refractivity contribution in [3.8, 4) is 0 Å². The number of aromatic nitrogens is 1. The van der Waals surface area contributed by atoms with E-state index in [9.17, 15) is 8.42 Å². The van der Waals surface area contributed by atoms with Gasteiger partial charge in [0.15, 0.2) is 0 Å². The average Bonchev–Trinajstić information content (AvgIpc) is 2.77. The number of hydrogen-bond acceptors (Lipinski definition) is 5. The van der Waals surface area contributed by atoms with Crippen LogP contribution in [0.3, 0.4) is 0 Å². The summed E-state index contributed by atoms with van der Waals surface area (Å²) in [5, 5.41) is 0. The van der Waals surface area contributed by atoms with Gasteiger partial charge in [-0.2, -0.15) is 0 Å². The predicted octanol–water partition coefficient (Wildman–Crippen LogP) is 1.71. The fourth-order valence-electron chi connectivity index (χ4n) is 1.43. The molecule has 3 N–H and O–H groups in total. The topological polar surface area (TPSA) is 85.1 Å². The lowest BCUT2D eigenvalue weighted by Crippen LogP contribution is -2.11. The summed E-state index contributed by atoms with van der Waals surface area (Å²) >= 11 is 1.17. The Morgan fingerprint density at radius 1 is 1.39 bits per heavy atom. The van der Waals surface area contributed by atoms with Crippen LogP contribution in [0.25, 0.3) is 0 Å². The first-order chi connectivity index (χ1) is 8.51. The van der Waals surface area contributed by atoms with Gasteiger partial charge in [0.2, 0.25) is 0 Å². The molecule has 0 spiro atoms. The monoisotopic (exact) mass is 283 g/mol. The molecular formula is C11H13N3O2S2. The number of sulfonamides is 1. The van der Waals surface area contributed by atoms with Gasteiger partial charge in [-0.15, -0.1) is 11.3 Å². The van der Waals surface area contributed by atoms with E-state index in [2.05, 4.69) is 9.71 Å². The minimum atomic E-state index is -3.53. The molecule has 0 saturated carbocycles. The molecule has 0 radical (unpaired) electrons. The minimum absolute atomic E-state index is 0.261. The van der Waals surface area contributed by atoms with Gasteiger partial charge in [0.05, 0.1) is 5.69 Å². The third-order valence-corrected chi connectivity index (χ3v) is 5.23. The summed E-state index contributed by atoms with van der Waals surface area (Å²) in [7, 11) is -3.53. The third-order valence-electron chi connectivity index (χ3n) is 2.25. The van der Waals surface area contributed by atoms with Crippen LogP contribution >= 0.6 is 11.3 Å². The Hall–Kier alpha value is -1.44. The van der Waals surface area contributed by atoms with E-state index in [-0.39, 0.29) is 4.21 Å². The lowest BCUT2D eigenvalue weighted by molar-refractivity contribution is 0.603. The second-order valence-electron chi connectivity index (χ2n) is 3.72. The van der Waals surface area contributed by atoms with Crippen molar-refractivity contribution >= 4 is 27.0 Å². The van der Waals surface area contributed by atoms with Crippen molar-refractivity contribution < 1.29 is 8.42 Å². The number of thiophene rings is 1. The van der Waals surface area contributed by atoms with Crippen molar-refractivity contribution in [1.82, 2.24) is 4.98 Å². The van der Waals surface area contributed by atoms with Crippen LogP contribution in [0, 0.1) is 6.92 Å². The maximum Gasteiger partial charge on any atom is 0.271 e. The SMILES string of the molecule is Cc1cc(NS(=O)(=O)c2ccc(CN)s2)ccn1. The minimum Gasteiger partial charge on any atom is -0.326 e. The second-order valence-corrected chi connectivity index (χ2v) is 6.79. The van der Waals surface area contributed by atoms with E-state index in [1.165, 1.54) is 11.3 Å². The zero-order valence-corrected chi connectivity index (χ0v) is 11.4. The standard InChI is InChI=1S/C11H13N3O2S2/c1-8-6-9(4-5-13-8)14-18(15,16)11-3-2-10(7-12)17-11/h2-6H,7,12H2,1H3,(H,13,14). The molecule has 0 atom stereocenters. The van der Waals surface area contributed by atoms with Crippen molar-refractivity contribution in [1.29, 1.82) is 0 Å². The van der Waals surface area contributed by atoms with Crippen molar-refractivity contribution in [2.45, 2.75) is 17.7 Å². The highest BCUT2D eigenvalue weighted by Gasteiger charge is 2.16. The van der Waals surface area contributed by atoms with Crippen molar-refractivity contribution in [3.05, 3.63) is 41.0 Å². The molecular weight excluding hydrogens is 270 g/mol. The van der Waals surface area contributed by atoms with E-state index in [4.69, 9.17) is 5.73 Å². The van der Waals surface area contributed by atoms with Crippen LogP contribution in [0.4, 0.5) is 5.69 Å². The molecule has 0 saturated heterocycles. The van der Waals surface area contributed by atoms with E-state index < -0.39 is 10.0 Å². The van der Waals surface area contributed by atoms with E-state index in [0.29, 0.717) is 12.2 Å². The Balaban J connectivity index is 2.27. The molecule has 0 fully saturated rings. The number of nitrogens with zero attached hydrogens (tertiary/aromatic N) is 1. The highest BCUT2D eigenvalue weighted by molar-refractivity contribution is 7.94. The Morgan fingerprint density at radius 2 is 2.17 bits per heavy atom. The summed E-state index contributed by atoms with van der Waals surface area (Å²) in [5.41, 5.74) is 6.72. The number of pyridine rings is 1. The fourth-order valence-corrected chi connectivity index (χ4v) is 3.71. The number of nitrogens with one attached hydrogen (secondary N) is 1. The van der Waals surface area contributed by atoms with Gasteiger partial charge in [-0.3, -0.25) is 9.71 Å². The summed E-state index contributed by atoms with van der Waals surface area (Å²) in [5.74, 6) is 0. The summed E-state index contributed by atoms with van der Waals surface area (Å²) < 4.78 is 26.9. The van der Waals surface area contributed by atoms with Gasteiger partial charge in [-0.05, 0) is 31.2 Å². The molecule has 2 heterocycles. The predicted molar refractivity (Wildman–Crippen MR) is 72.0 cm³/mol. The van der Waals surface area contributed by atoms with Crippen LogP contribution in [0.1, 0.15) is 10.6 Å². The van der Waals surface area contributed by atoms with Gasteiger partial charge in [-0.1, -0.05) is 0 Å². The van der Waals surface area contributed by atoms with Crippen molar-refractivity contribution in [2.24, 2.45) is 5.73 Å². The van der Waals surface area contributed by atoms with Crippen LogP contribution in [0.2, 0.25) is 0 Å². The maximum atomic E-state index is 12.1. The highest BCUT2D eigenvalue weighted by Crippen LogP contribution is 2.23. The van der Waals surface area contributed by atoms with E-state index in [1.807, 2.05) is 0 Å². The molecule has 7 heteroatoms. The molecule has 96 valence electrons. The van der Waals surface area contributed by atoms with Crippen molar-refractivity contribution in [2.75, 3.05) is 4.72 Å². The highest BCUT2D eigenvalue weighted by atomic mass is 32.2. The molecule has 5 nitrogen and oxygen atoms in total. The lowest BCUT2D eigenvalue weighted by atomic mass is 10.3. The van der Waals surface area contributed by atoms with Gasteiger partial charge in [-0.25, -0.2) is 8.42 Å². The molecule has 2 rings (SSSR count). The lowest BCUT2D eigenvalue weighted by Gasteiger charge is -2.06. The molecule has 0 aliphatic carbocycles. The fraction of sp³-hybridized carbons (Fsp3) is 0.182. The van der Waals surface area contributed by atoms with E-state index >= 15 is 0 Å². The Morgan fingerprint density at radius 3 is 2.78 bits per heavy atom. The number of rotatable bonds is 4. The maximum absolute atomic E-state index is 12.1. The van der Waals surface area contributed by atoms with E-state index in [1.54, 1.807) is 37.4 Å². The summed E-state index contributed by atoms with van der Waals surface area (Å²) in [6.45, 7) is 2.14. The van der Waals surface area contributed by atoms with Gasteiger partial charge in [0, 0.05) is 23.3 Å². The normalized spacial score (nSPS) is 11.4. The number of hydrogen-bond donors (Lipinski definition) is 2. The molecule has 0 amide bonds. The van der Waals surface area contributed by atoms with E-state index in [0.717, 1.165) is 10.6 Å². The summed E-state index contributed by atoms with van der Waals surface area (Å²) in [6.07, 6.45) is 1.56. The van der Waals surface area contributed by atoms with Crippen molar-refractivity contribution in [3.63, 3.8) is 0 Å². The Bertz CT molecular complexity index is 650. The third kappa shape index (κ3) is 2.87. The molecule has 2 aromatic rings. The molecule has 0 bridgehead atoms. The Labute approximate surface area is 110 Å². The summed E-state index contributed by atoms with van der Waals surface area (Å²) in [4.78, 5) is 4.85. The first kappa shape index (κ1) is 13.0. The van der Waals surface area contributed by atoms with Crippen LogP contribution in [0.5, 0.6) is 0 Å². The molecule has 0 aliphatic heterocycles. The van der Waals surface area contributed by atoms with Crippen LogP contribution < -0.4 is 10.5 Å². The number of nitrogens with two attached hydrogens (primary N) is 1. The van der Waals surface area contributed by atoms with Gasteiger partial charge >= 0.3 is 0 Å². The quantitative estimate of drug-likeness (QED) is 0.894. The first-order valence-electron chi connectivity index (χ1n) is 5.25. The smallest absolute Gasteiger partial charge is 0.271 e. The average molecular weight is 283 g/mol. The zero-order valence-electron chi connectivity index (χ0n) is 9.75. The van der Waals surface area contributed by atoms with Crippen LogP contribution in [-0.4, -0.2) is 13.4 Å². The summed E-state index contributed by atoms with van der Waals surface area (Å²) in [6, 6.07) is 6.57. The second kappa shape index (κ2) is 5.05. The first-order valence-corrected chi connectivity index (χ1v) is 7.55. The molecule has 0 aliphatic rings. The van der Waals surface area contributed by atoms with Gasteiger partial charge in [0.25, 0.3) is 10.0 Å². The zero-order chi connectivity index (χ0) is 13.2. The largest absolute Gasteiger partial charge is 0.326 e. The number of anilines is 1. The van der Waals surface area contributed by atoms with Crippen LogP contribution in [0.15, 0.2) is 34.7 Å². The van der Waals surface area contributed by atoms with Gasteiger partial charge < -0.3 is 5.73 Å². The molecule has 18 heavy (non-hydrogen) atoms. The Kier molecular flexibility index (Phi) is 3.65. The molecule has 0 unspecified atom stereocenters.